The summed E-state index contributed by atoms with van der Waals surface area (Å²) in [5, 5.41) is 16.1. The molecule has 0 aliphatic heterocycles. The lowest BCUT2D eigenvalue weighted by Gasteiger charge is -2.16. The highest BCUT2D eigenvalue weighted by atomic mass is 16.3. The molecule has 0 bridgehead atoms. The van der Waals surface area contributed by atoms with E-state index in [2.05, 4.69) is 57.4 Å². The minimum Gasteiger partial charge on any atom is -0.394 e. The fourth-order valence-corrected chi connectivity index (χ4v) is 3.03. The molecular weight excluding hydrogens is 378 g/mol. The highest BCUT2D eigenvalue weighted by molar-refractivity contribution is 5.84. The largest absolute Gasteiger partial charge is 0.394 e. The van der Waals surface area contributed by atoms with Crippen molar-refractivity contribution in [3.63, 3.8) is 0 Å². The van der Waals surface area contributed by atoms with Crippen molar-refractivity contribution in [1.29, 1.82) is 0 Å². The first-order valence-corrected chi connectivity index (χ1v) is 10.7. The van der Waals surface area contributed by atoms with Gasteiger partial charge in [-0.3, -0.25) is 4.98 Å². The average molecular weight is 414 g/mol. The molecule has 3 N–H and O–H groups in total. The second kappa shape index (κ2) is 10.9. The molecule has 0 spiro atoms. The molecule has 8 heteroatoms. The van der Waals surface area contributed by atoms with Gasteiger partial charge in [0.15, 0.2) is 17.0 Å². The number of aromatic nitrogens is 5. The van der Waals surface area contributed by atoms with E-state index >= 15 is 0 Å². The van der Waals surface area contributed by atoms with Gasteiger partial charge in [-0.05, 0) is 51.3 Å². The predicted molar refractivity (Wildman–Crippen MR) is 123 cm³/mol. The van der Waals surface area contributed by atoms with Gasteiger partial charge < -0.3 is 20.3 Å². The molecule has 0 aliphatic carbocycles. The molecule has 1 atom stereocenters. The van der Waals surface area contributed by atoms with Gasteiger partial charge in [-0.15, -0.1) is 0 Å². The van der Waals surface area contributed by atoms with Crippen molar-refractivity contribution in [2.75, 3.05) is 17.2 Å². The van der Waals surface area contributed by atoms with Gasteiger partial charge >= 0.3 is 0 Å². The van der Waals surface area contributed by atoms with E-state index in [-0.39, 0.29) is 18.7 Å². The van der Waals surface area contributed by atoms with Crippen LogP contribution in [0.25, 0.3) is 11.2 Å². The number of nitrogens with zero attached hydrogens (tertiary/aromatic N) is 5. The van der Waals surface area contributed by atoms with E-state index in [0.717, 1.165) is 28.8 Å². The summed E-state index contributed by atoms with van der Waals surface area (Å²) in [5.74, 6) is 1.15. The van der Waals surface area contributed by atoms with Gasteiger partial charge in [0.05, 0.1) is 19.0 Å². The smallest absolute Gasteiger partial charge is 0.227 e. The normalized spacial score (nSPS) is 11.9. The Labute approximate surface area is 179 Å². The maximum Gasteiger partial charge on any atom is 0.227 e. The molecule has 8 nitrogen and oxygen atoms in total. The lowest BCUT2D eigenvalue weighted by Crippen LogP contribution is -2.24. The number of aliphatic hydroxyl groups is 1. The third kappa shape index (κ3) is 5.44. The van der Waals surface area contributed by atoms with Gasteiger partial charge in [0.2, 0.25) is 5.95 Å². The molecule has 0 aromatic carbocycles. The van der Waals surface area contributed by atoms with Gasteiger partial charge in [0.1, 0.15) is 0 Å². The molecule has 3 rings (SSSR count). The lowest BCUT2D eigenvalue weighted by molar-refractivity contribution is 0.271. The van der Waals surface area contributed by atoms with E-state index in [1.165, 1.54) is 5.56 Å². The van der Waals surface area contributed by atoms with Crippen LogP contribution in [-0.2, 0) is 6.54 Å². The van der Waals surface area contributed by atoms with Crippen molar-refractivity contribution < 1.29 is 5.11 Å². The van der Waals surface area contributed by atoms with Crippen LogP contribution in [0.3, 0.4) is 0 Å². The van der Waals surface area contributed by atoms with Crippen molar-refractivity contribution >= 4 is 22.9 Å². The first-order valence-electron chi connectivity index (χ1n) is 10.7. The number of pyridine rings is 1. The molecule has 164 valence electrons. The molecule has 0 saturated carbocycles. The number of imidazole rings is 1. The third-order valence-electron chi connectivity index (χ3n) is 4.83. The van der Waals surface area contributed by atoms with Crippen LogP contribution in [0.15, 0.2) is 18.6 Å². The molecule has 30 heavy (non-hydrogen) atoms. The van der Waals surface area contributed by atoms with Crippen molar-refractivity contribution in [2.24, 2.45) is 0 Å². The van der Waals surface area contributed by atoms with Gasteiger partial charge in [0.25, 0.3) is 0 Å². The van der Waals surface area contributed by atoms with Crippen molar-refractivity contribution in [3.8, 4) is 0 Å². The summed E-state index contributed by atoms with van der Waals surface area (Å²) < 4.78 is 2.02. The fraction of sp³-hybridized carbons (Fsp3) is 0.545. The summed E-state index contributed by atoms with van der Waals surface area (Å²) in [6, 6.07) is 2.20. The maximum atomic E-state index is 9.52. The van der Waals surface area contributed by atoms with Crippen LogP contribution < -0.4 is 10.6 Å². The molecule has 3 heterocycles. The van der Waals surface area contributed by atoms with Crippen LogP contribution in [0.4, 0.5) is 11.8 Å². The number of anilines is 2. The monoisotopic (exact) mass is 413 g/mol. The van der Waals surface area contributed by atoms with Gasteiger partial charge in [-0.1, -0.05) is 20.8 Å². The van der Waals surface area contributed by atoms with E-state index in [1.807, 2.05) is 38.5 Å². The summed E-state index contributed by atoms with van der Waals surface area (Å²) in [5.41, 5.74) is 4.79. The zero-order valence-corrected chi connectivity index (χ0v) is 19.2. The number of aryl methyl sites for hydroxylation is 2. The van der Waals surface area contributed by atoms with Crippen LogP contribution in [0.5, 0.6) is 0 Å². The minimum atomic E-state index is -0.0933. The van der Waals surface area contributed by atoms with Gasteiger partial charge in [-0.25, -0.2) is 4.98 Å². The standard InChI is InChI=1S/C20H29N7O.C2H6/c1-6-16(10-28)24-20-25-18(17-19(26-20)27(11-23-17)12(2)3)22-9-15-8-21-14(5)7-13(15)4;1-2/h7-8,11-12,16,28H,6,9-10H2,1-5H3,(H2,22,24,25,26);1-2H3. The Morgan fingerprint density at radius 2 is 1.87 bits per heavy atom. The average Bonchev–Trinajstić information content (AvgIpc) is 3.17. The number of aliphatic hydroxyl groups excluding tert-OH is 1. The zero-order valence-electron chi connectivity index (χ0n) is 19.2. The molecule has 3 aromatic heterocycles. The van der Waals surface area contributed by atoms with Crippen molar-refractivity contribution in [3.05, 3.63) is 35.4 Å². The van der Waals surface area contributed by atoms with Crippen molar-refractivity contribution in [1.82, 2.24) is 24.5 Å². The van der Waals surface area contributed by atoms with Crippen LogP contribution in [0, 0.1) is 13.8 Å². The quantitative estimate of drug-likeness (QED) is 0.508. The fourth-order valence-electron chi connectivity index (χ4n) is 3.03. The van der Waals surface area contributed by atoms with Gasteiger partial charge in [0, 0.05) is 24.5 Å². The first-order chi connectivity index (χ1) is 14.4. The first kappa shape index (κ1) is 23.5. The van der Waals surface area contributed by atoms with Crippen LogP contribution in [0.1, 0.15) is 63.9 Å². The third-order valence-corrected chi connectivity index (χ3v) is 4.83. The Balaban J connectivity index is 0.00000155. The molecular formula is C22H35N7O. The molecule has 0 amide bonds. The number of fused-ring (bicyclic) bond motifs is 1. The summed E-state index contributed by atoms with van der Waals surface area (Å²) in [6.07, 6.45) is 4.46. The van der Waals surface area contributed by atoms with Gasteiger partial charge in [-0.2, -0.15) is 9.97 Å². The summed E-state index contributed by atoms with van der Waals surface area (Å²) in [6.45, 7) is 14.9. The Morgan fingerprint density at radius 1 is 1.13 bits per heavy atom. The molecule has 0 fully saturated rings. The second-order valence-corrected chi connectivity index (χ2v) is 7.35. The highest BCUT2D eigenvalue weighted by Gasteiger charge is 2.16. The molecule has 1 unspecified atom stereocenters. The van der Waals surface area contributed by atoms with E-state index < -0.39 is 0 Å². The van der Waals surface area contributed by atoms with Crippen LogP contribution in [0.2, 0.25) is 0 Å². The Hall–Kier alpha value is -2.74. The molecule has 3 aromatic rings. The topological polar surface area (TPSA) is 101 Å². The molecule has 0 radical (unpaired) electrons. The summed E-state index contributed by atoms with van der Waals surface area (Å²) in [7, 11) is 0. The molecule has 0 saturated heterocycles. The van der Waals surface area contributed by atoms with E-state index in [4.69, 9.17) is 0 Å². The van der Waals surface area contributed by atoms with Crippen LogP contribution in [-0.4, -0.2) is 42.3 Å². The molecule has 0 aliphatic rings. The zero-order chi connectivity index (χ0) is 22.3. The number of hydrogen-bond acceptors (Lipinski definition) is 7. The van der Waals surface area contributed by atoms with Crippen LogP contribution >= 0.6 is 0 Å². The Bertz CT molecular complexity index is 948. The number of rotatable bonds is 8. The number of nitrogens with one attached hydrogen (secondary N) is 2. The second-order valence-electron chi connectivity index (χ2n) is 7.35. The van der Waals surface area contributed by atoms with Crippen molar-refractivity contribution in [2.45, 2.75) is 73.5 Å². The minimum absolute atomic E-state index is 0.0261. The number of hydrogen-bond donors (Lipinski definition) is 3. The predicted octanol–water partition coefficient (Wildman–Crippen LogP) is 4.24. The Morgan fingerprint density at radius 3 is 2.47 bits per heavy atom. The maximum absolute atomic E-state index is 9.52. The SMILES string of the molecule is CC.CCC(CO)Nc1nc(NCc2cnc(C)cc2C)c2ncn(C(C)C)c2n1. The summed E-state index contributed by atoms with van der Waals surface area (Å²) >= 11 is 0. The lowest BCUT2D eigenvalue weighted by atomic mass is 10.1. The summed E-state index contributed by atoms with van der Waals surface area (Å²) in [4.78, 5) is 18.2. The van der Waals surface area contributed by atoms with E-state index in [1.54, 1.807) is 6.33 Å². The highest BCUT2D eigenvalue weighted by Crippen LogP contribution is 2.24. The van der Waals surface area contributed by atoms with E-state index in [0.29, 0.717) is 18.3 Å². The van der Waals surface area contributed by atoms with E-state index in [9.17, 15) is 5.11 Å². The Kier molecular flexibility index (Phi) is 8.53.